The Morgan fingerprint density at radius 1 is 1.19 bits per heavy atom. The third-order valence-corrected chi connectivity index (χ3v) is 6.76. The molecular formula is C23H29N7O. The molecule has 5 heterocycles. The van der Waals surface area contributed by atoms with Gasteiger partial charge in [0.15, 0.2) is 0 Å². The maximum atomic E-state index is 11.7. The van der Waals surface area contributed by atoms with Crippen molar-refractivity contribution in [3.8, 4) is 0 Å². The molecule has 1 amide bonds. The molecule has 2 N–H and O–H groups in total. The summed E-state index contributed by atoms with van der Waals surface area (Å²) in [5, 5.41) is 6.12. The summed E-state index contributed by atoms with van der Waals surface area (Å²) in [6, 6.07) is 4.42. The molecule has 2 aromatic heterocycles. The average molecular weight is 420 g/mol. The molecular weight excluding hydrogens is 390 g/mol. The Morgan fingerprint density at radius 2 is 2.03 bits per heavy atom. The first-order chi connectivity index (χ1) is 15.1. The molecule has 8 nitrogen and oxygen atoms in total. The standard InChI is InChI=1S/C23H29N7O/c1-16-22-12-25-15-30(22)14-21(27-16)17-5-8-29(13-17)18-6-9-28(10-7-18)19-3-4-20(26-11-19)23(31)24-2/h3-4,11-12,14-15,17-18,27H,1,5-10,13H2,2H3,(H,24,31). The van der Waals surface area contributed by atoms with Crippen LogP contribution in [0.2, 0.25) is 0 Å². The Morgan fingerprint density at radius 3 is 2.77 bits per heavy atom. The van der Waals surface area contributed by atoms with Crippen molar-refractivity contribution < 1.29 is 4.79 Å². The van der Waals surface area contributed by atoms with E-state index in [9.17, 15) is 4.79 Å². The van der Waals surface area contributed by atoms with Gasteiger partial charge in [0.1, 0.15) is 5.69 Å². The summed E-state index contributed by atoms with van der Waals surface area (Å²) in [5.41, 5.74) is 4.76. The van der Waals surface area contributed by atoms with E-state index in [0.29, 0.717) is 17.7 Å². The van der Waals surface area contributed by atoms with E-state index in [1.807, 2.05) is 24.8 Å². The fourth-order valence-corrected chi connectivity index (χ4v) is 4.97. The number of likely N-dealkylation sites (tertiary alicyclic amines) is 1. The summed E-state index contributed by atoms with van der Waals surface area (Å²) in [7, 11) is 1.62. The average Bonchev–Trinajstić information content (AvgIpc) is 3.49. The van der Waals surface area contributed by atoms with E-state index in [0.717, 1.165) is 56.1 Å². The number of rotatable bonds is 4. The molecule has 0 aromatic carbocycles. The molecule has 8 heteroatoms. The third-order valence-electron chi connectivity index (χ3n) is 6.76. The van der Waals surface area contributed by atoms with Crippen molar-refractivity contribution in [2.24, 2.45) is 5.92 Å². The van der Waals surface area contributed by atoms with Gasteiger partial charge in [-0.3, -0.25) is 9.69 Å². The second-order valence-electron chi connectivity index (χ2n) is 8.55. The van der Waals surface area contributed by atoms with Crippen LogP contribution in [0.1, 0.15) is 35.4 Å². The van der Waals surface area contributed by atoms with E-state index in [1.165, 1.54) is 12.1 Å². The molecule has 2 saturated heterocycles. The third kappa shape index (κ3) is 3.83. The molecule has 3 aliphatic heterocycles. The highest BCUT2D eigenvalue weighted by Gasteiger charge is 2.33. The predicted octanol–water partition coefficient (Wildman–Crippen LogP) is 2.00. The Bertz CT molecular complexity index is 1000. The lowest BCUT2D eigenvalue weighted by molar-refractivity contribution is 0.0958. The van der Waals surface area contributed by atoms with E-state index < -0.39 is 0 Å². The van der Waals surface area contributed by atoms with Gasteiger partial charge in [-0.25, -0.2) is 9.97 Å². The number of imidazole rings is 1. The Balaban J connectivity index is 1.17. The smallest absolute Gasteiger partial charge is 0.269 e. The van der Waals surface area contributed by atoms with Gasteiger partial charge in [0, 0.05) is 50.5 Å². The minimum absolute atomic E-state index is 0.149. The van der Waals surface area contributed by atoms with Crippen molar-refractivity contribution in [1.29, 1.82) is 0 Å². The second kappa shape index (κ2) is 8.19. The van der Waals surface area contributed by atoms with Crippen molar-refractivity contribution >= 4 is 23.5 Å². The van der Waals surface area contributed by atoms with Crippen molar-refractivity contribution in [1.82, 2.24) is 30.1 Å². The van der Waals surface area contributed by atoms with Crippen molar-refractivity contribution in [2.75, 3.05) is 38.1 Å². The van der Waals surface area contributed by atoms with Gasteiger partial charge < -0.3 is 20.1 Å². The normalized spacial score (nSPS) is 22.1. The maximum absolute atomic E-state index is 11.7. The van der Waals surface area contributed by atoms with Gasteiger partial charge in [-0.1, -0.05) is 6.58 Å². The number of nitrogens with one attached hydrogen (secondary N) is 2. The molecule has 0 saturated carbocycles. The lowest BCUT2D eigenvalue weighted by atomic mass is 10.0. The van der Waals surface area contributed by atoms with E-state index in [1.54, 1.807) is 13.1 Å². The molecule has 1 atom stereocenters. The van der Waals surface area contributed by atoms with Gasteiger partial charge in [-0.15, -0.1) is 0 Å². The van der Waals surface area contributed by atoms with E-state index >= 15 is 0 Å². The molecule has 2 aromatic rings. The summed E-state index contributed by atoms with van der Waals surface area (Å²) in [6.07, 6.45) is 11.1. The number of hydrogen-bond donors (Lipinski definition) is 2. The summed E-state index contributed by atoms with van der Waals surface area (Å²) < 4.78 is 2.07. The van der Waals surface area contributed by atoms with Gasteiger partial charge in [-0.2, -0.15) is 0 Å². The van der Waals surface area contributed by atoms with Crippen LogP contribution in [-0.4, -0.2) is 64.6 Å². The minimum Gasteiger partial charge on any atom is -0.370 e. The fraction of sp³-hybridized carbons (Fsp3) is 0.435. The monoisotopic (exact) mass is 419 g/mol. The van der Waals surface area contributed by atoms with Gasteiger partial charge in [-0.05, 0) is 37.9 Å². The van der Waals surface area contributed by atoms with Crippen molar-refractivity contribution in [2.45, 2.75) is 25.3 Å². The number of aromatic nitrogens is 3. The lowest BCUT2D eigenvalue weighted by Crippen LogP contribution is -2.44. The van der Waals surface area contributed by atoms with Crippen LogP contribution in [0.25, 0.3) is 11.9 Å². The van der Waals surface area contributed by atoms with Crippen LogP contribution in [0.4, 0.5) is 5.69 Å². The zero-order valence-corrected chi connectivity index (χ0v) is 17.9. The summed E-state index contributed by atoms with van der Waals surface area (Å²) in [4.78, 5) is 25.3. The SMILES string of the molecule is C=C1NC(C2CCN(C3CCN(c4ccc(C(=O)NC)nc4)CC3)C2)=Cn2cncc21. The molecule has 2 fully saturated rings. The van der Waals surface area contributed by atoms with Crippen molar-refractivity contribution in [3.05, 3.63) is 54.5 Å². The van der Waals surface area contributed by atoms with Crippen LogP contribution < -0.4 is 15.5 Å². The molecule has 0 spiro atoms. The maximum Gasteiger partial charge on any atom is 0.269 e. The number of fused-ring (bicyclic) bond motifs is 1. The molecule has 0 aliphatic carbocycles. The first kappa shape index (κ1) is 19.8. The summed E-state index contributed by atoms with van der Waals surface area (Å²) in [5.74, 6) is 0.357. The zero-order chi connectivity index (χ0) is 21.4. The van der Waals surface area contributed by atoms with Gasteiger partial charge >= 0.3 is 0 Å². The number of carbonyl (C=O) groups excluding carboxylic acids is 1. The number of anilines is 1. The molecule has 5 rings (SSSR count). The van der Waals surface area contributed by atoms with E-state index in [-0.39, 0.29) is 5.91 Å². The number of carbonyl (C=O) groups is 1. The topological polar surface area (TPSA) is 78.3 Å². The minimum atomic E-state index is -0.149. The molecule has 162 valence electrons. The molecule has 31 heavy (non-hydrogen) atoms. The van der Waals surface area contributed by atoms with Crippen LogP contribution in [0.3, 0.4) is 0 Å². The second-order valence-corrected chi connectivity index (χ2v) is 8.55. The molecule has 0 bridgehead atoms. The van der Waals surface area contributed by atoms with Crippen LogP contribution >= 0.6 is 0 Å². The number of nitrogens with zero attached hydrogens (tertiary/aromatic N) is 5. The highest BCUT2D eigenvalue weighted by Crippen LogP contribution is 2.31. The van der Waals surface area contributed by atoms with Crippen molar-refractivity contribution in [3.63, 3.8) is 0 Å². The van der Waals surface area contributed by atoms with E-state index in [4.69, 9.17) is 0 Å². The summed E-state index contributed by atoms with van der Waals surface area (Å²) in [6.45, 7) is 8.42. The Labute approximate surface area is 182 Å². The highest BCUT2D eigenvalue weighted by molar-refractivity contribution is 5.92. The Kier molecular flexibility index (Phi) is 5.23. The quantitative estimate of drug-likeness (QED) is 0.789. The number of amides is 1. The van der Waals surface area contributed by atoms with Crippen LogP contribution in [0.15, 0.2) is 43.1 Å². The number of hydrogen-bond acceptors (Lipinski definition) is 6. The lowest BCUT2D eigenvalue weighted by Gasteiger charge is -2.38. The van der Waals surface area contributed by atoms with Gasteiger partial charge in [0.05, 0.1) is 35.8 Å². The number of pyridine rings is 1. The van der Waals surface area contributed by atoms with Crippen LogP contribution in [-0.2, 0) is 0 Å². The largest absolute Gasteiger partial charge is 0.370 e. The first-order valence-corrected chi connectivity index (χ1v) is 11.0. The van der Waals surface area contributed by atoms with Gasteiger partial charge in [0.2, 0.25) is 0 Å². The van der Waals surface area contributed by atoms with Gasteiger partial charge in [0.25, 0.3) is 5.91 Å². The highest BCUT2D eigenvalue weighted by atomic mass is 16.1. The van der Waals surface area contributed by atoms with E-state index in [2.05, 4.69) is 47.7 Å². The fourth-order valence-electron chi connectivity index (χ4n) is 4.97. The molecule has 3 aliphatic rings. The number of piperidine rings is 1. The first-order valence-electron chi connectivity index (χ1n) is 11.0. The molecule has 1 unspecified atom stereocenters. The predicted molar refractivity (Wildman–Crippen MR) is 121 cm³/mol. The van der Waals surface area contributed by atoms with Crippen LogP contribution in [0.5, 0.6) is 0 Å². The van der Waals surface area contributed by atoms with Crippen LogP contribution in [0, 0.1) is 5.92 Å². The zero-order valence-electron chi connectivity index (χ0n) is 17.9. The Hall–Kier alpha value is -3.13. The molecule has 0 radical (unpaired) electrons. The summed E-state index contributed by atoms with van der Waals surface area (Å²) >= 11 is 0.